The first kappa shape index (κ1) is 8.62. The number of aliphatic hydroxyl groups is 1. The SMILES string of the molecule is Cc1ccc(SCO)cc1C. The first-order valence-corrected chi connectivity index (χ1v) is 4.53. The molecule has 0 fully saturated rings. The van der Waals surface area contributed by atoms with Crippen molar-refractivity contribution in [3.05, 3.63) is 29.3 Å². The number of hydrogen-bond donors (Lipinski definition) is 1. The normalized spacial score (nSPS) is 10.1. The molecule has 0 aliphatic rings. The van der Waals surface area contributed by atoms with E-state index in [1.807, 2.05) is 6.07 Å². The van der Waals surface area contributed by atoms with E-state index in [9.17, 15) is 0 Å². The van der Waals surface area contributed by atoms with E-state index in [4.69, 9.17) is 5.11 Å². The van der Waals surface area contributed by atoms with Gasteiger partial charge in [0.2, 0.25) is 0 Å². The molecule has 0 amide bonds. The van der Waals surface area contributed by atoms with Gasteiger partial charge in [0, 0.05) is 4.90 Å². The van der Waals surface area contributed by atoms with Crippen LogP contribution in [0.15, 0.2) is 23.1 Å². The fourth-order valence-electron chi connectivity index (χ4n) is 0.878. The van der Waals surface area contributed by atoms with Crippen molar-refractivity contribution in [2.45, 2.75) is 18.7 Å². The highest BCUT2D eigenvalue weighted by Crippen LogP contribution is 2.19. The smallest absolute Gasteiger partial charge is 0.0932 e. The van der Waals surface area contributed by atoms with Crippen LogP contribution in [0.3, 0.4) is 0 Å². The van der Waals surface area contributed by atoms with Crippen LogP contribution >= 0.6 is 11.8 Å². The molecule has 60 valence electrons. The minimum absolute atomic E-state index is 0.155. The van der Waals surface area contributed by atoms with Crippen molar-refractivity contribution in [2.24, 2.45) is 0 Å². The second-order valence-corrected chi connectivity index (χ2v) is 3.54. The third-order valence-electron chi connectivity index (χ3n) is 1.71. The van der Waals surface area contributed by atoms with Crippen molar-refractivity contribution in [1.29, 1.82) is 0 Å². The van der Waals surface area contributed by atoms with Crippen LogP contribution in [0.4, 0.5) is 0 Å². The topological polar surface area (TPSA) is 20.2 Å². The molecule has 0 aliphatic heterocycles. The molecule has 0 unspecified atom stereocenters. The molecule has 0 bridgehead atoms. The Hall–Kier alpha value is -0.470. The quantitative estimate of drug-likeness (QED) is 0.540. The minimum atomic E-state index is 0.155. The third kappa shape index (κ3) is 2.24. The first-order chi connectivity index (χ1) is 5.24. The van der Waals surface area contributed by atoms with Crippen LogP contribution in [-0.4, -0.2) is 11.0 Å². The molecule has 0 atom stereocenters. The van der Waals surface area contributed by atoms with E-state index in [0.717, 1.165) is 4.90 Å². The molecule has 1 nitrogen and oxygen atoms in total. The Balaban J connectivity index is 2.86. The molecular formula is C9H12OS. The lowest BCUT2D eigenvalue weighted by atomic mass is 10.1. The number of rotatable bonds is 2. The number of benzene rings is 1. The highest BCUT2D eigenvalue weighted by atomic mass is 32.2. The van der Waals surface area contributed by atoms with Crippen LogP contribution in [0.5, 0.6) is 0 Å². The van der Waals surface area contributed by atoms with Crippen molar-refractivity contribution in [3.63, 3.8) is 0 Å². The summed E-state index contributed by atoms with van der Waals surface area (Å²) in [7, 11) is 0. The predicted molar refractivity (Wildman–Crippen MR) is 48.9 cm³/mol. The van der Waals surface area contributed by atoms with E-state index in [1.165, 1.54) is 22.9 Å². The molecule has 2 heteroatoms. The maximum atomic E-state index is 8.64. The molecule has 1 rings (SSSR count). The molecule has 11 heavy (non-hydrogen) atoms. The number of thioether (sulfide) groups is 1. The number of aryl methyl sites for hydroxylation is 2. The van der Waals surface area contributed by atoms with Gasteiger partial charge in [0.1, 0.15) is 0 Å². The molecule has 1 aromatic rings. The van der Waals surface area contributed by atoms with E-state index in [0.29, 0.717) is 0 Å². The zero-order valence-electron chi connectivity index (χ0n) is 6.79. The average Bonchev–Trinajstić information content (AvgIpc) is 1.98. The van der Waals surface area contributed by atoms with E-state index < -0.39 is 0 Å². The second-order valence-electron chi connectivity index (χ2n) is 2.52. The molecule has 0 aliphatic carbocycles. The van der Waals surface area contributed by atoms with Crippen LogP contribution in [0.25, 0.3) is 0 Å². The molecular weight excluding hydrogens is 156 g/mol. The monoisotopic (exact) mass is 168 g/mol. The summed E-state index contributed by atoms with van der Waals surface area (Å²) < 4.78 is 0. The van der Waals surface area contributed by atoms with E-state index in [-0.39, 0.29) is 5.94 Å². The third-order valence-corrected chi connectivity index (χ3v) is 2.43. The summed E-state index contributed by atoms with van der Waals surface area (Å²) in [5.41, 5.74) is 2.58. The van der Waals surface area contributed by atoms with Gasteiger partial charge in [-0.25, -0.2) is 0 Å². The highest BCUT2D eigenvalue weighted by molar-refractivity contribution is 7.99. The molecule has 0 saturated carbocycles. The predicted octanol–water partition coefficient (Wildman–Crippen LogP) is 2.35. The first-order valence-electron chi connectivity index (χ1n) is 3.55. The maximum absolute atomic E-state index is 8.64. The summed E-state index contributed by atoms with van der Waals surface area (Å²) >= 11 is 1.45. The second kappa shape index (κ2) is 3.79. The van der Waals surface area contributed by atoms with Crippen molar-refractivity contribution in [3.8, 4) is 0 Å². The highest BCUT2D eigenvalue weighted by Gasteiger charge is 1.94. The summed E-state index contributed by atoms with van der Waals surface area (Å²) in [5.74, 6) is 0.155. The van der Waals surface area contributed by atoms with Gasteiger partial charge in [0.15, 0.2) is 0 Å². The largest absolute Gasteiger partial charge is 0.385 e. The Morgan fingerprint density at radius 2 is 2.00 bits per heavy atom. The van der Waals surface area contributed by atoms with Gasteiger partial charge in [-0.3, -0.25) is 0 Å². The summed E-state index contributed by atoms with van der Waals surface area (Å²) in [6.45, 7) is 4.17. The van der Waals surface area contributed by atoms with Crippen LogP contribution in [0.1, 0.15) is 11.1 Å². The molecule has 0 aromatic heterocycles. The van der Waals surface area contributed by atoms with Gasteiger partial charge < -0.3 is 5.11 Å². The lowest BCUT2D eigenvalue weighted by Crippen LogP contribution is -1.81. The molecule has 0 heterocycles. The Morgan fingerprint density at radius 1 is 1.27 bits per heavy atom. The molecule has 1 N–H and O–H groups in total. The lowest BCUT2D eigenvalue weighted by molar-refractivity contribution is 0.375. The van der Waals surface area contributed by atoms with Crippen molar-refractivity contribution in [1.82, 2.24) is 0 Å². The minimum Gasteiger partial charge on any atom is -0.385 e. The van der Waals surface area contributed by atoms with Gasteiger partial charge in [-0.15, -0.1) is 0 Å². The van der Waals surface area contributed by atoms with Crippen molar-refractivity contribution >= 4 is 11.8 Å². The standard InChI is InChI=1S/C9H12OS/c1-7-3-4-9(11-6-10)5-8(7)2/h3-5,10H,6H2,1-2H3. The number of hydrogen-bond acceptors (Lipinski definition) is 2. The van der Waals surface area contributed by atoms with Crippen LogP contribution in [0, 0.1) is 13.8 Å². The Morgan fingerprint density at radius 3 is 2.55 bits per heavy atom. The molecule has 0 saturated heterocycles. The van der Waals surface area contributed by atoms with Crippen LogP contribution in [-0.2, 0) is 0 Å². The van der Waals surface area contributed by atoms with E-state index in [1.54, 1.807) is 0 Å². The van der Waals surface area contributed by atoms with Crippen LogP contribution < -0.4 is 0 Å². The fraction of sp³-hybridized carbons (Fsp3) is 0.333. The van der Waals surface area contributed by atoms with Gasteiger partial charge >= 0.3 is 0 Å². The number of aliphatic hydroxyl groups excluding tert-OH is 1. The van der Waals surface area contributed by atoms with Gasteiger partial charge in [-0.2, -0.15) is 0 Å². The summed E-state index contributed by atoms with van der Waals surface area (Å²) in [4.78, 5) is 1.13. The van der Waals surface area contributed by atoms with Gasteiger partial charge in [-0.05, 0) is 37.1 Å². The van der Waals surface area contributed by atoms with E-state index >= 15 is 0 Å². The van der Waals surface area contributed by atoms with E-state index in [2.05, 4.69) is 26.0 Å². The molecule has 1 aromatic carbocycles. The Labute approximate surface area is 71.4 Å². The Kier molecular flexibility index (Phi) is 2.97. The maximum Gasteiger partial charge on any atom is 0.0932 e. The average molecular weight is 168 g/mol. The fourth-order valence-corrected chi connectivity index (χ4v) is 1.45. The molecule has 0 spiro atoms. The summed E-state index contributed by atoms with van der Waals surface area (Å²) in [5, 5.41) is 8.64. The molecule has 0 radical (unpaired) electrons. The lowest BCUT2D eigenvalue weighted by Gasteiger charge is -2.02. The van der Waals surface area contributed by atoms with Gasteiger partial charge in [0.05, 0.1) is 5.94 Å². The zero-order chi connectivity index (χ0) is 8.27. The van der Waals surface area contributed by atoms with Crippen molar-refractivity contribution in [2.75, 3.05) is 5.94 Å². The zero-order valence-corrected chi connectivity index (χ0v) is 7.61. The van der Waals surface area contributed by atoms with Crippen molar-refractivity contribution < 1.29 is 5.11 Å². The van der Waals surface area contributed by atoms with Gasteiger partial charge in [0.25, 0.3) is 0 Å². The summed E-state index contributed by atoms with van der Waals surface area (Å²) in [6.07, 6.45) is 0. The Bertz CT molecular complexity index is 245. The summed E-state index contributed by atoms with van der Waals surface area (Å²) in [6, 6.07) is 6.20. The van der Waals surface area contributed by atoms with Crippen LogP contribution in [0.2, 0.25) is 0 Å². The van der Waals surface area contributed by atoms with Gasteiger partial charge in [-0.1, -0.05) is 17.8 Å².